The predicted octanol–water partition coefficient (Wildman–Crippen LogP) is 10.6. The van der Waals surface area contributed by atoms with E-state index in [4.69, 9.17) is 9.97 Å². The van der Waals surface area contributed by atoms with Gasteiger partial charge in [0.05, 0.1) is 34.1 Å². The standard InChI is InChI=1S/C41H27N3/c1-25-36-32-19-11-12-20-34(32)43-40(27-13-5-3-6-14-27)38(36)26(2)37-33-22-21-29(31-18-10-9-17-30(31)24-42)23-35(33)44-41(39(25)37)28-15-7-4-8-16-28/h3-23H,1-2H3. The molecule has 0 spiro atoms. The van der Waals surface area contributed by atoms with E-state index in [9.17, 15) is 5.26 Å². The molecule has 0 N–H and O–H groups in total. The molecule has 6 aromatic carbocycles. The van der Waals surface area contributed by atoms with Gasteiger partial charge in [0.25, 0.3) is 0 Å². The first kappa shape index (κ1) is 25.8. The van der Waals surface area contributed by atoms with Gasteiger partial charge in [0, 0.05) is 32.7 Å². The molecule has 8 rings (SSSR count). The molecule has 0 aliphatic rings. The van der Waals surface area contributed by atoms with Crippen molar-refractivity contribution < 1.29 is 0 Å². The van der Waals surface area contributed by atoms with Crippen LogP contribution in [0.4, 0.5) is 0 Å². The van der Waals surface area contributed by atoms with Crippen molar-refractivity contribution in [3.05, 3.63) is 144 Å². The Morgan fingerprint density at radius 2 is 1.00 bits per heavy atom. The first-order chi connectivity index (χ1) is 21.6. The minimum absolute atomic E-state index is 0.652. The smallest absolute Gasteiger partial charge is 0.0998 e. The normalized spacial score (nSPS) is 11.4. The fraction of sp³-hybridized carbons (Fsp3) is 0.0488. The van der Waals surface area contributed by atoms with Gasteiger partial charge < -0.3 is 0 Å². The maximum absolute atomic E-state index is 9.82. The van der Waals surface area contributed by atoms with E-state index >= 15 is 0 Å². The Morgan fingerprint density at radius 1 is 0.477 bits per heavy atom. The van der Waals surface area contributed by atoms with E-state index in [2.05, 4.69) is 111 Å². The van der Waals surface area contributed by atoms with Gasteiger partial charge in [-0.05, 0) is 65.1 Å². The summed E-state index contributed by atoms with van der Waals surface area (Å²) in [4.78, 5) is 10.7. The van der Waals surface area contributed by atoms with Crippen LogP contribution >= 0.6 is 0 Å². The van der Waals surface area contributed by atoms with Crippen LogP contribution in [-0.4, -0.2) is 9.97 Å². The van der Waals surface area contributed by atoms with Gasteiger partial charge in [-0.15, -0.1) is 0 Å². The molecule has 8 aromatic rings. The van der Waals surface area contributed by atoms with E-state index in [1.165, 1.54) is 27.3 Å². The number of aromatic nitrogens is 2. The molecule has 3 heteroatoms. The van der Waals surface area contributed by atoms with Gasteiger partial charge in [0.15, 0.2) is 0 Å². The van der Waals surface area contributed by atoms with Crippen LogP contribution in [0.1, 0.15) is 16.7 Å². The van der Waals surface area contributed by atoms with Crippen LogP contribution in [0.25, 0.3) is 77.0 Å². The van der Waals surface area contributed by atoms with Gasteiger partial charge in [-0.3, -0.25) is 0 Å². The number of nitriles is 1. The predicted molar refractivity (Wildman–Crippen MR) is 183 cm³/mol. The molecule has 0 fully saturated rings. The van der Waals surface area contributed by atoms with E-state index in [-0.39, 0.29) is 0 Å². The van der Waals surface area contributed by atoms with Crippen LogP contribution in [-0.2, 0) is 0 Å². The lowest BCUT2D eigenvalue weighted by atomic mass is 9.85. The molecule has 0 amide bonds. The van der Waals surface area contributed by atoms with E-state index in [1.54, 1.807) is 0 Å². The van der Waals surface area contributed by atoms with Crippen molar-refractivity contribution in [2.75, 3.05) is 0 Å². The lowest BCUT2D eigenvalue weighted by molar-refractivity contribution is 1.39. The Kier molecular flexibility index (Phi) is 5.96. The molecule has 0 saturated heterocycles. The Hall–Kier alpha value is -5.85. The summed E-state index contributed by atoms with van der Waals surface area (Å²) in [6, 6.07) is 46.0. The number of benzene rings is 6. The number of hydrogen-bond donors (Lipinski definition) is 0. The highest BCUT2D eigenvalue weighted by Crippen LogP contribution is 2.45. The SMILES string of the molecule is Cc1c2c(-c3ccccc3)nc3cc(-c4ccccc4C#N)ccc3c2c(C)c2c(-c3ccccc3)nc3ccccc3c12. The largest absolute Gasteiger partial charge is 0.247 e. The minimum Gasteiger partial charge on any atom is -0.247 e. The Bertz CT molecular complexity index is 2450. The van der Waals surface area contributed by atoms with Gasteiger partial charge in [-0.2, -0.15) is 5.26 Å². The van der Waals surface area contributed by atoms with Crippen LogP contribution in [0.5, 0.6) is 0 Å². The number of fused-ring (bicyclic) bond motifs is 6. The fourth-order valence-corrected chi connectivity index (χ4v) is 6.85. The molecular weight excluding hydrogens is 534 g/mol. The van der Waals surface area contributed by atoms with E-state index in [0.717, 1.165) is 60.8 Å². The summed E-state index contributed by atoms with van der Waals surface area (Å²) in [6.07, 6.45) is 0. The zero-order chi connectivity index (χ0) is 29.8. The lowest BCUT2D eigenvalue weighted by Crippen LogP contribution is -1.99. The summed E-state index contributed by atoms with van der Waals surface area (Å²) >= 11 is 0. The molecule has 2 aromatic heterocycles. The van der Waals surface area contributed by atoms with Gasteiger partial charge in [0.2, 0.25) is 0 Å². The Labute approximate surface area is 255 Å². The fourth-order valence-electron chi connectivity index (χ4n) is 6.85. The molecule has 2 heterocycles. The number of para-hydroxylation sites is 1. The van der Waals surface area contributed by atoms with Crippen molar-refractivity contribution in [3.8, 4) is 39.7 Å². The van der Waals surface area contributed by atoms with Gasteiger partial charge in [-0.1, -0.05) is 109 Å². The van der Waals surface area contributed by atoms with Crippen molar-refractivity contribution in [2.45, 2.75) is 13.8 Å². The van der Waals surface area contributed by atoms with Crippen molar-refractivity contribution in [3.63, 3.8) is 0 Å². The quantitative estimate of drug-likeness (QED) is 0.159. The summed E-state index contributed by atoms with van der Waals surface area (Å²) in [6.45, 7) is 4.48. The number of aryl methyl sites for hydroxylation is 2. The molecule has 0 bridgehead atoms. The van der Waals surface area contributed by atoms with Crippen LogP contribution in [0.3, 0.4) is 0 Å². The molecule has 206 valence electrons. The number of nitrogens with zero attached hydrogens (tertiary/aromatic N) is 3. The Balaban J connectivity index is 1.59. The third-order valence-electron chi connectivity index (χ3n) is 8.83. The van der Waals surface area contributed by atoms with Crippen LogP contribution < -0.4 is 0 Å². The molecule has 0 atom stereocenters. The maximum atomic E-state index is 9.82. The number of hydrogen-bond acceptors (Lipinski definition) is 3. The van der Waals surface area contributed by atoms with Crippen LogP contribution in [0, 0.1) is 25.2 Å². The van der Waals surface area contributed by atoms with Gasteiger partial charge in [0.1, 0.15) is 0 Å². The molecule has 44 heavy (non-hydrogen) atoms. The lowest BCUT2D eigenvalue weighted by Gasteiger charge is -2.21. The molecule has 0 aliphatic heterocycles. The second-order valence-electron chi connectivity index (χ2n) is 11.3. The van der Waals surface area contributed by atoms with E-state index in [1.807, 2.05) is 36.4 Å². The van der Waals surface area contributed by atoms with Crippen molar-refractivity contribution in [2.24, 2.45) is 0 Å². The summed E-state index contributed by atoms with van der Waals surface area (Å²) in [5.74, 6) is 0. The highest BCUT2D eigenvalue weighted by atomic mass is 14.7. The molecule has 0 aliphatic carbocycles. The first-order valence-corrected chi connectivity index (χ1v) is 14.8. The van der Waals surface area contributed by atoms with E-state index < -0.39 is 0 Å². The topological polar surface area (TPSA) is 49.6 Å². The summed E-state index contributed by atoms with van der Waals surface area (Å²) in [5, 5.41) is 16.8. The maximum Gasteiger partial charge on any atom is 0.0998 e. The summed E-state index contributed by atoms with van der Waals surface area (Å²) < 4.78 is 0. The van der Waals surface area contributed by atoms with Crippen LogP contribution in [0.15, 0.2) is 127 Å². The first-order valence-electron chi connectivity index (χ1n) is 14.8. The second kappa shape index (κ2) is 10.2. The van der Waals surface area contributed by atoms with Gasteiger partial charge in [-0.25, -0.2) is 9.97 Å². The van der Waals surface area contributed by atoms with Crippen molar-refractivity contribution in [1.29, 1.82) is 5.26 Å². The minimum atomic E-state index is 0.652. The molecular formula is C41H27N3. The molecule has 3 nitrogen and oxygen atoms in total. The molecule has 0 saturated carbocycles. The van der Waals surface area contributed by atoms with E-state index in [0.29, 0.717) is 5.56 Å². The highest BCUT2D eigenvalue weighted by Gasteiger charge is 2.22. The Morgan fingerprint density at radius 3 is 1.64 bits per heavy atom. The number of rotatable bonds is 3. The average Bonchev–Trinajstić information content (AvgIpc) is 3.09. The zero-order valence-electron chi connectivity index (χ0n) is 24.5. The summed E-state index contributed by atoms with van der Waals surface area (Å²) in [7, 11) is 0. The van der Waals surface area contributed by atoms with Crippen molar-refractivity contribution >= 4 is 43.4 Å². The number of pyridine rings is 2. The third kappa shape index (κ3) is 3.89. The second-order valence-corrected chi connectivity index (χ2v) is 11.3. The zero-order valence-corrected chi connectivity index (χ0v) is 24.5. The monoisotopic (exact) mass is 561 g/mol. The highest BCUT2D eigenvalue weighted by molar-refractivity contribution is 6.25. The van der Waals surface area contributed by atoms with Crippen molar-refractivity contribution in [1.82, 2.24) is 9.97 Å². The molecule has 0 radical (unpaired) electrons. The van der Waals surface area contributed by atoms with Crippen LogP contribution in [0.2, 0.25) is 0 Å². The summed E-state index contributed by atoms with van der Waals surface area (Å²) in [5.41, 5.74) is 10.9. The van der Waals surface area contributed by atoms with Gasteiger partial charge >= 0.3 is 0 Å². The molecule has 0 unspecified atom stereocenters. The third-order valence-corrected chi connectivity index (χ3v) is 8.83. The average molecular weight is 562 g/mol.